The van der Waals surface area contributed by atoms with Crippen LogP contribution in [0.3, 0.4) is 0 Å². The van der Waals surface area contributed by atoms with Gasteiger partial charge in [-0.2, -0.15) is 0 Å². The third-order valence-corrected chi connectivity index (χ3v) is 3.97. The Kier molecular flexibility index (Phi) is 2.85. The molecule has 1 unspecified atom stereocenters. The number of amides is 2. The molecule has 6 nitrogen and oxygen atoms in total. The summed E-state index contributed by atoms with van der Waals surface area (Å²) in [7, 11) is 0. The Morgan fingerprint density at radius 1 is 1.42 bits per heavy atom. The molecule has 0 bridgehead atoms. The molecule has 1 atom stereocenters. The van der Waals surface area contributed by atoms with Crippen LogP contribution in [0.5, 0.6) is 0 Å². The van der Waals surface area contributed by atoms with Crippen molar-refractivity contribution < 1.29 is 14.7 Å². The Morgan fingerprint density at radius 3 is 2.95 bits per heavy atom. The quantitative estimate of drug-likeness (QED) is 0.759. The van der Waals surface area contributed by atoms with E-state index in [9.17, 15) is 9.59 Å². The van der Waals surface area contributed by atoms with Crippen molar-refractivity contribution in [1.82, 2.24) is 4.90 Å². The van der Waals surface area contributed by atoms with Crippen LogP contribution in [0.15, 0.2) is 22.7 Å². The van der Waals surface area contributed by atoms with Gasteiger partial charge in [0.1, 0.15) is 6.04 Å². The van der Waals surface area contributed by atoms with Crippen LogP contribution in [0.25, 0.3) is 0 Å². The average Bonchev–Trinajstić information content (AvgIpc) is 2.38. The summed E-state index contributed by atoms with van der Waals surface area (Å²) in [6.45, 7) is 1.14. The van der Waals surface area contributed by atoms with Gasteiger partial charge in [-0.25, -0.2) is 4.79 Å². The van der Waals surface area contributed by atoms with Gasteiger partial charge in [-0.1, -0.05) is 15.9 Å². The van der Waals surface area contributed by atoms with E-state index in [0.717, 1.165) is 15.8 Å². The summed E-state index contributed by atoms with van der Waals surface area (Å²) < 4.78 is 0.897. The van der Waals surface area contributed by atoms with Crippen molar-refractivity contribution in [2.75, 3.05) is 29.9 Å². The van der Waals surface area contributed by atoms with Crippen LogP contribution in [0.2, 0.25) is 0 Å². The molecule has 1 aromatic carbocycles. The minimum absolute atomic E-state index is 0.156. The maximum absolute atomic E-state index is 12.1. The summed E-state index contributed by atoms with van der Waals surface area (Å²) in [6, 6.07) is 5.25. The molecule has 2 aliphatic rings. The second-order valence-electron chi connectivity index (χ2n) is 4.59. The molecule has 2 amide bonds. The van der Waals surface area contributed by atoms with Crippen molar-refractivity contribution in [3.05, 3.63) is 22.7 Å². The predicted molar refractivity (Wildman–Crippen MR) is 73.5 cm³/mol. The molecule has 1 aromatic rings. The molecule has 2 heterocycles. The topological polar surface area (TPSA) is 72.9 Å². The first-order valence-corrected chi connectivity index (χ1v) is 6.70. The minimum atomic E-state index is -0.978. The van der Waals surface area contributed by atoms with E-state index in [-0.39, 0.29) is 12.5 Å². The maximum Gasteiger partial charge on any atom is 0.407 e. The van der Waals surface area contributed by atoms with Crippen LogP contribution in [-0.2, 0) is 4.79 Å². The number of benzene rings is 1. The highest BCUT2D eigenvalue weighted by Gasteiger charge is 2.38. The molecule has 2 aliphatic heterocycles. The number of hydrogen-bond donors (Lipinski definition) is 2. The lowest BCUT2D eigenvalue weighted by Gasteiger charge is -2.44. The van der Waals surface area contributed by atoms with Crippen LogP contribution >= 0.6 is 15.9 Å². The Labute approximate surface area is 118 Å². The van der Waals surface area contributed by atoms with Gasteiger partial charge in [0.2, 0.25) is 5.91 Å². The highest BCUT2D eigenvalue weighted by molar-refractivity contribution is 9.10. The molecule has 100 valence electrons. The number of fused-ring (bicyclic) bond motifs is 3. The van der Waals surface area contributed by atoms with E-state index in [1.54, 1.807) is 0 Å². The lowest BCUT2D eigenvalue weighted by atomic mass is 10.1. The van der Waals surface area contributed by atoms with Gasteiger partial charge in [0.25, 0.3) is 0 Å². The number of halogens is 1. The number of anilines is 2. The van der Waals surface area contributed by atoms with Crippen LogP contribution in [0, 0.1) is 0 Å². The van der Waals surface area contributed by atoms with Gasteiger partial charge in [0, 0.05) is 17.6 Å². The molecule has 2 N–H and O–H groups in total. The van der Waals surface area contributed by atoms with Crippen LogP contribution < -0.4 is 10.2 Å². The molecular weight excluding hydrogens is 314 g/mol. The number of piperazine rings is 1. The summed E-state index contributed by atoms with van der Waals surface area (Å²) in [5.41, 5.74) is 1.71. The number of carbonyl (C=O) groups is 2. The number of carbonyl (C=O) groups excluding carboxylic acids is 1. The molecule has 1 fully saturated rings. The molecule has 0 radical (unpaired) electrons. The third kappa shape index (κ3) is 2.03. The second-order valence-corrected chi connectivity index (χ2v) is 5.50. The monoisotopic (exact) mass is 325 g/mol. The minimum Gasteiger partial charge on any atom is -0.465 e. The first kappa shape index (κ1) is 12.3. The number of nitrogens with one attached hydrogen (secondary N) is 1. The fourth-order valence-corrected chi connectivity index (χ4v) is 2.91. The maximum atomic E-state index is 12.1. The van der Waals surface area contributed by atoms with Gasteiger partial charge in [-0.05, 0) is 18.2 Å². The smallest absolute Gasteiger partial charge is 0.407 e. The van der Waals surface area contributed by atoms with Gasteiger partial charge in [-0.3, -0.25) is 4.79 Å². The van der Waals surface area contributed by atoms with Crippen molar-refractivity contribution >= 4 is 39.3 Å². The van der Waals surface area contributed by atoms with Crippen LogP contribution in [0.1, 0.15) is 0 Å². The van der Waals surface area contributed by atoms with Crippen molar-refractivity contribution in [1.29, 1.82) is 0 Å². The SMILES string of the molecule is O=C1Nc2cc(Br)ccc2N2CCN(C(=O)O)CC12. The fraction of sp³-hybridized carbons (Fsp3) is 0.333. The molecule has 0 aromatic heterocycles. The molecule has 3 rings (SSSR count). The van der Waals surface area contributed by atoms with E-state index < -0.39 is 12.1 Å². The summed E-state index contributed by atoms with van der Waals surface area (Å²) >= 11 is 3.37. The summed E-state index contributed by atoms with van der Waals surface area (Å²) in [5.74, 6) is -0.156. The molecule has 7 heteroatoms. The van der Waals surface area contributed by atoms with Crippen molar-refractivity contribution in [3.63, 3.8) is 0 Å². The highest BCUT2D eigenvalue weighted by atomic mass is 79.9. The largest absolute Gasteiger partial charge is 0.465 e. The Balaban J connectivity index is 1.94. The number of hydrogen-bond acceptors (Lipinski definition) is 3. The first-order chi connectivity index (χ1) is 9.06. The van der Waals surface area contributed by atoms with Gasteiger partial charge in [0.15, 0.2) is 0 Å². The van der Waals surface area contributed by atoms with Crippen molar-refractivity contribution in [3.8, 4) is 0 Å². The molecule has 1 saturated heterocycles. The highest BCUT2D eigenvalue weighted by Crippen LogP contribution is 2.35. The van der Waals surface area contributed by atoms with E-state index >= 15 is 0 Å². The second kappa shape index (κ2) is 4.41. The van der Waals surface area contributed by atoms with Gasteiger partial charge < -0.3 is 20.2 Å². The fourth-order valence-electron chi connectivity index (χ4n) is 2.54. The zero-order valence-corrected chi connectivity index (χ0v) is 11.6. The molecular formula is C12H12BrN3O3. The molecule has 0 saturated carbocycles. The van der Waals surface area contributed by atoms with E-state index in [2.05, 4.69) is 21.2 Å². The lowest BCUT2D eigenvalue weighted by molar-refractivity contribution is -0.118. The van der Waals surface area contributed by atoms with E-state index in [1.165, 1.54) is 4.90 Å². The third-order valence-electron chi connectivity index (χ3n) is 3.48. The number of nitrogens with zero attached hydrogens (tertiary/aromatic N) is 2. The zero-order chi connectivity index (χ0) is 13.6. The van der Waals surface area contributed by atoms with Gasteiger partial charge >= 0.3 is 6.09 Å². The van der Waals surface area contributed by atoms with Crippen LogP contribution in [-0.4, -0.2) is 47.7 Å². The number of rotatable bonds is 0. The van der Waals surface area contributed by atoms with E-state index in [0.29, 0.717) is 13.1 Å². The van der Waals surface area contributed by atoms with E-state index in [1.807, 2.05) is 23.1 Å². The lowest BCUT2D eigenvalue weighted by Crippen LogP contribution is -2.60. The van der Waals surface area contributed by atoms with Crippen LogP contribution in [0.4, 0.5) is 16.2 Å². The summed E-state index contributed by atoms with van der Waals surface area (Å²) in [5, 5.41) is 11.8. The van der Waals surface area contributed by atoms with Crippen molar-refractivity contribution in [2.24, 2.45) is 0 Å². The molecule has 0 spiro atoms. The standard InChI is InChI=1S/C12H12BrN3O3/c13-7-1-2-9-8(5-7)14-11(17)10-6-15(12(18)19)3-4-16(9)10/h1-2,5,10H,3-4,6H2,(H,14,17)(H,18,19). The Morgan fingerprint density at radius 2 is 2.21 bits per heavy atom. The summed E-state index contributed by atoms with van der Waals surface area (Å²) in [4.78, 5) is 26.3. The Hall–Kier alpha value is -1.76. The molecule has 0 aliphatic carbocycles. The normalized spacial score (nSPS) is 21.5. The first-order valence-electron chi connectivity index (χ1n) is 5.91. The van der Waals surface area contributed by atoms with Crippen molar-refractivity contribution in [2.45, 2.75) is 6.04 Å². The van der Waals surface area contributed by atoms with E-state index in [4.69, 9.17) is 5.11 Å². The van der Waals surface area contributed by atoms with Gasteiger partial charge in [-0.15, -0.1) is 0 Å². The zero-order valence-electron chi connectivity index (χ0n) is 9.97. The average molecular weight is 326 g/mol. The van der Waals surface area contributed by atoms with Gasteiger partial charge in [0.05, 0.1) is 17.9 Å². The Bertz CT molecular complexity index is 563. The summed E-state index contributed by atoms with van der Waals surface area (Å²) in [6.07, 6.45) is -0.978. The predicted octanol–water partition coefficient (Wildman–Crippen LogP) is 1.57. The number of carboxylic acid groups (broad SMARTS) is 1. The molecule has 19 heavy (non-hydrogen) atoms.